The number of rotatable bonds is 8. The van der Waals surface area contributed by atoms with Gasteiger partial charge in [-0.1, -0.05) is 7.43 Å². The zero-order valence-corrected chi connectivity index (χ0v) is 36.6. The number of pyridine rings is 6. The van der Waals surface area contributed by atoms with Gasteiger partial charge in [-0.25, -0.2) is 51.3 Å². The summed E-state index contributed by atoms with van der Waals surface area (Å²) in [5.41, 5.74) is 1.34. The molecule has 9 aromatic rings. The van der Waals surface area contributed by atoms with Crippen molar-refractivity contribution in [2.45, 2.75) is 7.43 Å². The number of aromatic nitrogens is 12. The molecule has 0 aliphatic heterocycles. The van der Waals surface area contributed by atoms with Crippen LogP contribution in [0.15, 0.2) is 116 Å². The number of aromatic carboxylic acids is 1. The topological polar surface area (TPSA) is 285 Å². The summed E-state index contributed by atoms with van der Waals surface area (Å²) in [7, 11) is 2.26. The van der Waals surface area contributed by atoms with E-state index in [0.29, 0.717) is 22.8 Å². The van der Waals surface area contributed by atoms with Crippen molar-refractivity contribution >= 4 is 44.8 Å². The van der Waals surface area contributed by atoms with E-state index in [4.69, 9.17) is 40.3 Å². The van der Waals surface area contributed by atoms with Crippen molar-refractivity contribution in [1.82, 2.24) is 58.7 Å². The van der Waals surface area contributed by atoms with Crippen LogP contribution in [-0.4, -0.2) is 100 Å². The number of nitrogens with one attached hydrogen (secondary N) is 1. The van der Waals surface area contributed by atoms with Crippen LogP contribution in [0.4, 0.5) is 13.2 Å². The molecule has 9 aromatic heterocycles. The minimum Gasteiger partial charge on any atom is -0.553 e. The molecule has 9 heterocycles. The average molecular weight is 975 g/mol. The summed E-state index contributed by atoms with van der Waals surface area (Å²) >= 11 is 3.36. The molecule has 0 aliphatic rings. The second-order valence-electron chi connectivity index (χ2n) is 11.4. The molecule has 4 N–H and O–H groups in total. The van der Waals surface area contributed by atoms with E-state index in [1.165, 1.54) is 90.4 Å². The van der Waals surface area contributed by atoms with Crippen LogP contribution < -0.4 is 43.8 Å². The quantitative estimate of drug-likeness (QED) is 0.110. The summed E-state index contributed by atoms with van der Waals surface area (Å²) in [5.74, 6) is 3.13. The van der Waals surface area contributed by atoms with Gasteiger partial charge in [-0.05, 0) is 15.9 Å². The molecule has 0 atom stereocenters. The van der Waals surface area contributed by atoms with Crippen LogP contribution in [0, 0.1) is 17.5 Å². The monoisotopic (exact) mass is 973 g/mol. The first-order valence-corrected chi connectivity index (χ1v) is 17.8. The molecular weight excluding hydrogens is 942 g/mol. The zero-order chi connectivity index (χ0) is 45.5. The summed E-state index contributed by atoms with van der Waals surface area (Å²) < 4.78 is 65.1. The number of hydrogen-bond acceptors (Lipinski definition) is 17. The van der Waals surface area contributed by atoms with Gasteiger partial charge in [0, 0.05) is 43.5 Å². The fourth-order valence-corrected chi connectivity index (χ4v) is 5.51. The van der Waals surface area contributed by atoms with E-state index in [-0.39, 0.29) is 76.8 Å². The predicted octanol–water partition coefficient (Wildman–Crippen LogP) is 4.09. The minimum atomic E-state index is -1.16. The molecule has 332 valence electrons. The average Bonchev–Trinajstić information content (AvgIpc) is 4.07. The smallest absolute Gasteiger partial charge is 0.553 e. The molecule has 27 heteroatoms. The molecule has 65 heavy (non-hydrogen) atoms. The van der Waals surface area contributed by atoms with Crippen LogP contribution in [0.2, 0.25) is 0 Å². The van der Waals surface area contributed by atoms with Crippen molar-refractivity contribution in [2.24, 2.45) is 0 Å². The third kappa shape index (κ3) is 13.9. The van der Waals surface area contributed by atoms with Gasteiger partial charge in [0.1, 0.15) is 82.1 Å². The Hall–Kier alpha value is -7.20. The van der Waals surface area contributed by atoms with Crippen molar-refractivity contribution in [3.8, 4) is 34.5 Å². The third-order valence-corrected chi connectivity index (χ3v) is 7.97. The first-order chi connectivity index (χ1) is 30.5. The fraction of sp³-hybridized carbons (Fsp3) is 0.0789. The van der Waals surface area contributed by atoms with Gasteiger partial charge in [-0.2, -0.15) is 15.3 Å². The number of aliphatic hydroxyl groups is 1. The number of fused-ring (bicyclic) bond motifs is 3. The van der Waals surface area contributed by atoms with Crippen LogP contribution in [0.3, 0.4) is 0 Å². The Kier molecular flexibility index (Phi) is 20.2. The molecule has 0 radical (unpaired) electrons. The number of carbonyl (C=O) groups excluding carboxylic acids is 1. The van der Waals surface area contributed by atoms with E-state index in [1.54, 1.807) is 16.8 Å². The van der Waals surface area contributed by atoms with Gasteiger partial charge < -0.3 is 40.3 Å². The fourth-order valence-electron chi connectivity index (χ4n) is 5.00. The number of methoxy groups -OCH3 is 1. The van der Waals surface area contributed by atoms with Crippen molar-refractivity contribution < 1.29 is 86.7 Å². The summed E-state index contributed by atoms with van der Waals surface area (Å²) in [6.07, 6.45) is 15.9. The zero-order valence-electron chi connectivity index (χ0n) is 33.1. The Morgan fingerprint density at radius 1 is 0.585 bits per heavy atom. The van der Waals surface area contributed by atoms with E-state index < -0.39 is 29.4 Å². The van der Waals surface area contributed by atoms with Crippen molar-refractivity contribution in [3.05, 3.63) is 150 Å². The molecule has 0 bridgehead atoms. The SMILES string of the molecule is C.CO.COC(=O)c1cc(Oc2cncc(F)c2)cn2ncnc12.Fc1cncc(Oc2cc(Br)c3ncnn3c2)c1.O=C(O)c1cc(Oc2cncc(F)c2)cn2ncnc12.[NH-]O.[Na+]. The van der Waals surface area contributed by atoms with Crippen LogP contribution in [0.5, 0.6) is 34.5 Å². The maximum Gasteiger partial charge on any atom is 1.00 e. The largest absolute Gasteiger partial charge is 1.00 e. The number of halogens is 4. The number of ether oxygens (including phenoxy) is 4. The normalized spacial score (nSPS) is 9.86. The summed E-state index contributed by atoms with van der Waals surface area (Å²) in [5, 5.41) is 34.2. The second-order valence-corrected chi connectivity index (χ2v) is 12.3. The first kappa shape index (κ1) is 52.1. The van der Waals surface area contributed by atoms with Crippen molar-refractivity contribution in [2.75, 3.05) is 14.2 Å². The van der Waals surface area contributed by atoms with E-state index >= 15 is 0 Å². The van der Waals surface area contributed by atoms with Crippen LogP contribution in [0.1, 0.15) is 28.1 Å². The molecule has 9 rings (SSSR count). The van der Waals surface area contributed by atoms with Gasteiger partial charge in [0.25, 0.3) is 0 Å². The molecule has 0 spiro atoms. The van der Waals surface area contributed by atoms with Crippen LogP contribution >= 0.6 is 15.9 Å². The van der Waals surface area contributed by atoms with Gasteiger partial charge in [0.05, 0.1) is 67.4 Å². The summed E-state index contributed by atoms with van der Waals surface area (Å²) in [6, 6.07) is 8.04. The van der Waals surface area contributed by atoms with E-state index in [0.717, 1.165) is 36.2 Å². The van der Waals surface area contributed by atoms with Crippen LogP contribution in [-0.2, 0) is 4.74 Å². The second kappa shape index (κ2) is 25.2. The van der Waals surface area contributed by atoms with E-state index in [2.05, 4.69) is 61.1 Å². The number of carboxylic acid groups (broad SMARTS) is 1. The Balaban J connectivity index is 0.000000246. The predicted molar refractivity (Wildman–Crippen MR) is 219 cm³/mol. The Morgan fingerprint density at radius 3 is 1.32 bits per heavy atom. The number of nitrogens with zero attached hydrogens (tertiary/aromatic N) is 12. The Bertz CT molecular complexity index is 2980. The standard InChI is InChI=1S/C13H9FN4O3.C12H7FN4O3.C11H6BrFN4O.CH4O.CH4.H2NO.Na/c1-20-13(19)11-3-10(6-18-12(11)16-7-17-18)21-9-2-8(14)4-15-5-9;13-7-1-8(4-14-3-7)20-9-2-10(12(18)19)11-15-6-16-17(11)5-9;12-10-2-9(5-17-11(10)15-6-16-17)18-8-1-7(13)3-14-4-8;1-2;;1-2;/h2-7H,1H3;1-6H,(H,18,19);1-6H;2H,1H3;1H4;1-2H;/q;;;;;-1;+1. The van der Waals surface area contributed by atoms with Gasteiger partial charge in [0.15, 0.2) is 16.9 Å². The molecule has 0 aliphatic carbocycles. The first-order valence-electron chi connectivity index (χ1n) is 17.0. The Labute approximate surface area is 394 Å². The maximum atomic E-state index is 13.1. The van der Waals surface area contributed by atoms with Crippen LogP contribution in [0.25, 0.3) is 22.8 Å². The number of carbonyl (C=O) groups is 2. The van der Waals surface area contributed by atoms with Gasteiger partial charge in [-0.15, -0.1) is 0 Å². The number of aliphatic hydroxyl groups excluding tert-OH is 1. The minimum absolute atomic E-state index is 0. The summed E-state index contributed by atoms with van der Waals surface area (Å²) in [4.78, 5) is 45.8. The van der Waals surface area contributed by atoms with Crippen molar-refractivity contribution in [1.29, 1.82) is 0 Å². The maximum absolute atomic E-state index is 13.1. The van der Waals surface area contributed by atoms with Gasteiger partial charge in [-0.3, -0.25) is 15.0 Å². The number of carboxylic acids is 1. The molecule has 0 saturated carbocycles. The molecule has 0 amide bonds. The number of esters is 1. The molecule has 0 aromatic carbocycles. The van der Waals surface area contributed by atoms with Gasteiger partial charge >= 0.3 is 41.5 Å². The molecule has 0 saturated heterocycles. The number of hydrogen-bond donors (Lipinski definition) is 3. The van der Waals surface area contributed by atoms with E-state index in [9.17, 15) is 22.8 Å². The summed E-state index contributed by atoms with van der Waals surface area (Å²) in [6.45, 7) is 0. The molecule has 0 unspecified atom stereocenters. The molecule has 22 nitrogen and oxygen atoms in total. The van der Waals surface area contributed by atoms with Gasteiger partial charge in [0.2, 0.25) is 0 Å². The third-order valence-electron chi connectivity index (χ3n) is 7.39. The van der Waals surface area contributed by atoms with Crippen molar-refractivity contribution in [3.63, 3.8) is 0 Å². The Morgan fingerprint density at radius 2 is 0.938 bits per heavy atom. The molecule has 0 fully saturated rings. The van der Waals surface area contributed by atoms with E-state index in [1.807, 2.05) is 0 Å². The molecular formula is C38H32BrF3N13NaO9.